The molecular weight excluding hydrogens is 354 g/mol. The standard InChI is InChI=1S/C20H25N7O/c1-15(18-12-27(25-24-18)17-7-3-2-4-8-17)23-19-10-20(22-14-21-19)26-9-5-6-16(11-26)13-28/h2-4,7-8,10,12,14-16,28H,5-6,9,11,13H2,1H3,(H,21,22,23). The first-order valence-corrected chi connectivity index (χ1v) is 9.65. The van der Waals surface area contributed by atoms with Crippen LogP contribution >= 0.6 is 0 Å². The number of aliphatic hydroxyl groups excluding tert-OH is 1. The van der Waals surface area contributed by atoms with E-state index in [1.807, 2.05) is 49.5 Å². The van der Waals surface area contributed by atoms with Gasteiger partial charge in [-0.15, -0.1) is 5.10 Å². The highest BCUT2D eigenvalue weighted by atomic mass is 16.3. The second kappa shape index (κ2) is 8.35. The van der Waals surface area contributed by atoms with Crippen LogP contribution < -0.4 is 10.2 Å². The van der Waals surface area contributed by atoms with E-state index in [0.29, 0.717) is 5.92 Å². The summed E-state index contributed by atoms with van der Waals surface area (Å²) in [5.41, 5.74) is 1.81. The van der Waals surface area contributed by atoms with E-state index in [1.165, 1.54) is 0 Å². The lowest BCUT2D eigenvalue weighted by Crippen LogP contribution is -2.37. The fourth-order valence-corrected chi connectivity index (χ4v) is 3.50. The number of rotatable bonds is 6. The number of nitrogens with zero attached hydrogens (tertiary/aromatic N) is 6. The second-order valence-corrected chi connectivity index (χ2v) is 7.19. The van der Waals surface area contributed by atoms with E-state index in [4.69, 9.17) is 0 Å². The van der Waals surface area contributed by atoms with E-state index in [9.17, 15) is 5.11 Å². The number of para-hydroxylation sites is 1. The quantitative estimate of drug-likeness (QED) is 0.679. The Bertz CT molecular complexity index is 898. The lowest BCUT2D eigenvalue weighted by Gasteiger charge is -2.32. The maximum atomic E-state index is 9.45. The van der Waals surface area contributed by atoms with Crippen molar-refractivity contribution in [2.24, 2.45) is 5.92 Å². The molecule has 2 unspecified atom stereocenters. The molecule has 1 aliphatic rings. The average Bonchev–Trinajstić information content (AvgIpc) is 3.25. The first kappa shape index (κ1) is 18.4. The van der Waals surface area contributed by atoms with Gasteiger partial charge in [-0.25, -0.2) is 14.6 Å². The zero-order valence-electron chi connectivity index (χ0n) is 15.9. The van der Waals surface area contributed by atoms with E-state index in [-0.39, 0.29) is 12.6 Å². The van der Waals surface area contributed by atoms with Crippen LogP contribution in [0.1, 0.15) is 31.5 Å². The van der Waals surface area contributed by atoms with Crippen molar-refractivity contribution >= 4 is 11.6 Å². The van der Waals surface area contributed by atoms with Crippen LogP contribution in [-0.2, 0) is 0 Å². The first-order valence-electron chi connectivity index (χ1n) is 9.65. The predicted octanol–water partition coefficient (Wildman–Crippen LogP) is 2.44. The van der Waals surface area contributed by atoms with Crippen molar-refractivity contribution in [1.29, 1.82) is 0 Å². The summed E-state index contributed by atoms with van der Waals surface area (Å²) in [5, 5.41) is 21.3. The van der Waals surface area contributed by atoms with Gasteiger partial charge in [0, 0.05) is 25.8 Å². The molecule has 0 amide bonds. The van der Waals surface area contributed by atoms with Crippen molar-refractivity contribution in [2.45, 2.75) is 25.8 Å². The zero-order valence-corrected chi connectivity index (χ0v) is 15.9. The number of benzene rings is 1. The van der Waals surface area contributed by atoms with E-state index < -0.39 is 0 Å². The highest BCUT2D eigenvalue weighted by molar-refractivity contribution is 5.49. The SMILES string of the molecule is CC(Nc1cc(N2CCCC(CO)C2)ncn1)c1cn(-c2ccccc2)nn1. The minimum atomic E-state index is -0.0493. The van der Waals surface area contributed by atoms with E-state index >= 15 is 0 Å². The lowest BCUT2D eigenvalue weighted by molar-refractivity contribution is 0.208. The van der Waals surface area contributed by atoms with Gasteiger partial charge in [-0.3, -0.25) is 0 Å². The number of hydrogen-bond acceptors (Lipinski definition) is 7. The molecule has 0 spiro atoms. The fraction of sp³-hybridized carbons (Fsp3) is 0.400. The summed E-state index contributed by atoms with van der Waals surface area (Å²) in [4.78, 5) is 11.0. The molecule has 1 aliphatic heterocycles. The maximum Gasteiger partial charge on any atom is 0.134 e. The highest BCUT2D eigenvalue weighted by Gasteiger charge is 2.21. The third-order valence-electron chi connectivity index (χ3n) is 5.09. The summed E-state index contributed by atoms with van der Waals surface area (Å²) >= 11 is 0. The van der Waals surface area contributed by atoms with Crippen LogP contribution in [0.5, 0.6) is 0 Å². The van der Waals surface area contributed by atoms with Crippen molar-refractivity contribution in [3.63, 3.8) is 0 Å². The summed E-state index contributed by atoms with van der Waals surface area (Å²) in [7, 11) is 0. The molecule has 3 aromatic rings. The molecule has 8 heteroatoms. The molecule has 1 fully saturated rings. The normalized spacial score (nSPS) is 18.1. The zero-order chi connectivity index (χ0) is 19.3. The molecule has 0 saturated carbocycles. The highest BCUT2D eigenvalue weighted by Crippen LogP contribution is 2.24. The number of piperidine rings is 1. The molecular formula is C20H25N7O. The van der Waals surface area contributed by atoms with E-state index in [1.54, 1.807) is 11.0 Å². The van der Waals surface area contributed by atoms with Crippen LogP contribution in [0.25, 0.3) is 5.69 Å². The molecule has 146 valence electrons. The van der Waals surface area contributed by atoms with Gasteiger partial charge in [0.15, 0.2) is 0 Å². The van der Waals surface area contributed by atoms with Crippen LogP contribution in [0, 0.1) is 5.92 Å². The molecule has 1 aromatic carbocycles. The Morgan fingerprint density at radius 3 is 2.93 bits per heavy atom. The predicted molar refractivity (Wildman–Crippen MR) is 107 cm³/mol. The van der Waals surface area contributed by atoms with Crippen molar-refractivity contribution in [2.75, 3.05) is 29.9 Å². The summed E-state index contributed by atoms with van der Waals surface area (Å²) in [6.07, 6.45) is 5.63. The maximum absolute atomic E-state index is 9.45. The third-order valence-corrected chi connectivity index (χ3v) is 5.09. The Hall–Kier alpha value is -3.00. The first-order chi connectivity index (χ1) is 13.7. The molecule has 2 N–H and O–H groups in total. The summed E-state index contributed by atoms with van der Waals surface area (Å²) in [6.45, 7) is 4.03. The Balaban J connectivity index is 1.45. The van der Waals surface area contributed by atoms with Crippen LogP contribution in [0.4, 0.5) is 11.6 Å². The van der Waals surface area contributed by atoms with E-state index in [2.05, 4.69) is 30.5 Å². The average molecular weight is 379 g/mol. The van der Waals surface area contributed by atoms with Gasteiger partial charge in [-0.1, -0.05) is 23.4 Å². The van der Waals surface area contributed by atoms with Gasteiger partial charge in [-0.05, 0) is 37.8 Å². The fourth-order valence-electron chi connectivity index (χ4n) is 3.50. The van der Waals surface area contributed by atoms with Gasteiger partial charge in [0.1, 0.15) is 23.7 Å². The van der Waals surface area contributed by atoms with Crippen molar-refractivity contribution in [3.8, 4) is 5.69 Å². The smallest absolute Gasteiger partial charge is 0.134 e. The van der Waals surface area contributed by atoms with Gasteiger partial charge < -0.3 is 15.3 Å². The number of nitrogens with one attached hydrogen (secondary N) is 1. The van der Waals surface area contributed by atoms with Gasteiger partial charge in [0.25, 0.3) is 0 Å². The third kappa shape index (κ3) is 4.12. The largest absolute Gasteiger partial charge is 0.396 e. The Labute approximate surface area is 164 Å². The van der Waals surface area contributed by atoms with Crippen molar-refractivity contribution < 1.29 is 5.11 Å². The second-order valence-electron chi connectivity index (χ2n) is 7.19. The molecule has 8 nitrogen and oxygen atoms in total. The van der Waals surface area contributed by atoms with Gasteiger partial charge in [-0.2, -0.15) is 0 Å². The number of anilines is 2. The minimum Gasteiger partial charge on any atom is -0.396 e. The Morgan fingerprint density at radius 2 is 2.11 bits per heavy atom. The van der Waals surface area contributed by atoms with Crippen LogP contribution in [0.3, 0.4) is 0 Å². The topological polar surface area (TPSA) is 92.0 Å². The minimum absolute atomic E-state index is 0.0493. The summed E-state index contributed by atoms with van der Waals surface area (Å²) in [6, 6.07) is 11.8. The molecule has 0 aliphatic carbocycles. The summed E-state index contributed by atoms with van der Waals surface area (Å²) < 4.78 is 1.77. The molecule has 4 rings (SSSR count). The number of aromatic nitrogens is 5. The number of aliphatic hydroxyl groups is 1. The molecule has 28 heavy (non-hydrogen) atoms. The van der Waals surface area contributed by atoms with Crippen LogP contribution in [0.15, 0.2) is 48.9 Å². The lowest BCUT2D eigenvalue weighted by atomic mass is 9.99. The van der Waals surface area contributed by atoms with Gasteiger partial charge in [0.2, 0.25) is 0 Å². The molecule has 3 heterocycles. The molecule has 2 atom stereocenters. The molecule has 0 bridgehead atoms. The van der Waals surface area contributed by atoms with Crippen LogP contribution in [-0.4, -0.2) is 49.8 Å². The van der Waals surface area contributed by atoms with Crippen molar-refractivity contribution in [1.82, 2.24) is 25.0 Å². The van der Waals surface area contributed by atoms with Crippen LogP contribution in [0.2, 0.25) is 0 Å². The molecule has 1 saturated heterocycles. The Kier molecular flexibility index (Phi) is 5.48. The monoisotopic (exact) mass is 379 g/mol. The number of hydrogen-bond donors (Lipinski definition) is 2. The van der Waals surface area contributed by atoms with Gasteiger partial charge >= 0.3 is 0 Å². The molecule has 2 aromatic heterocycles. The molecule has 0 radical (unpaired) electrons. The van der Waals surface area contributed by atoms with Gasteiger partial charge in [0.05, 0.1) is 17.9 Å². The van der Waals surface area contributed by atoms with E-state index in [0.717, 1.165) is 48.9 Å². The Morgan fingerprint density at radius 1 is 1.25 bits per heavy atom. The van der Waals surface area contributed by atoms with Crippen molar-refractivity contribution in [3.05, 3.63) is 54.6 Å². The summed E-state index contributed by atoms with van der Waals surface area (Å²) in [5.74, 6) is 1.95.